The topological polar surface area (TPSA) is 66.0 Å². The molecule has 1 aromatic rings. The molecule has 0 aliphatic carbocycles. The molecule has 0 bridgehead atoms. The zero-order chi connectivity index (χ0) is 10.1. The highest BCUT2D eigenvalue weighted by Crippen LogP contribution is 2.34. The van der Waals surface area contributed by atoms with Gasteiger partial charge in [-0.3, -0.25) is 9.89 Å². The van der Waals surface area contributed by atoms with Gasteiger partial charge in [0.1, 0.15) is 0 Å². The molecule has 1 heterocycles. The molecule has 0 spiro atoms. The van der Waals surface area contributed by atoms with Crippen LogP contribution in [0.5, 0.6) is 0 Å². The first-order valence-electron chi connectivity index (χ1n) is 4.14. The van der Waals surface area contributed by atoms with Crippen molar-refractivity contribution in [2.24, 2.45) is 5.41 Å². The molecule has 0 aromatic carbocycles. The van der Waals surface area contributed by atoms with Gasteiger partial charge in [0.25, 0.3) is 0 Å². The third-order valence-electron chi connectivity index (χ3n) is 1.97. The molecule has 1 unspecified atom stereocenters. The summed E-state index contributed by atoms with van der Waals surface area (Å²) in [6.07, 6.45) is 3.19. The zero-order valence-corrected chi connectivity index (χ0v) is 8.03. The first-order valence-corrected chi connectivity index (χ1v) is 4.14. The molecule has 4 nitrogen and oxygen atoms in total. The third-order valence-corrected chi connectivity index (χ3v) is 1.97. The normalized spacial score (nSPS) is 14.1. The van der Waals surface area contributed by atoms with Gasteiger partial charge in [-0.05, 0) is 5.41 Å². The van der Waals surface area contributed by atoms with Crippen LogP contribution in [0, 0.1) is 5.41 Å². The zero-order valence-electron chi connectivity index (χ0n) is 8.03. The van der Waals surface area contributed by atoms with Crippen LogP contribution in [0.2, 0.25) is 0 Å². The number of carbonyl (C=O) groups is 1. The number of hydrogen-bond acceptors (Lipinski definition) is 2. The number of carboxylic acid groups (broad SMARTS) is 1. The molecule has 4 heteroatoms. The van der Waals surface area contributed by atoms with E-state index in [1.54, 1.807) is 12.4 Å². The summed E-state index contributed by atoms with van der Waals surface area (Å²) >= 11 is 0. The molecule has 0 radical (unpaired) electrons. The molecule has 0 aliphatic rings. The molecule has 1 aromatic heterocycles. The number of nitrogens with one attached hydrogen (secondary N) is 1. The Kier molecular flexibility index (Phi) is 2.40. The van der Waals surface area contributed by atoms with Crippen molar-refractivity contribution in [3.8, 4) is 0 Å². The summed E-state index contributed by atoms with van der Waals surface area (Å²) in [7, 11) is 0. The Morgan fingerprint density at radius 2 is 2.23 bits per heavy atom. The minimum Gasteiger partial charge on any atom is -0.481 e. The van der Waals surface area contributed by atoms with E-state index < -0.39 is 11.9 Å². The predicted octanol–water partition coefficient (Wildman–Crippen LogP) is 1.62. The Bertz CT molecular complexity index is 285. The number of H-pyrrole nitrogens is 1. The SMILES string of the molecule is CC(C)(C)C(C(=O)O)c1cn[nH]c1. The molecular weight excluding hydrogens is 168 g/mol. The van der Waals surface area contributed by atoms with Crippen molar-refractivity contribution in [2.45, 2.75) is 26.7 Å². The number of aromatic nitrogens is 2. The lowest BCUT2D eigenvalue weighted by molar-refractivity contribution is -0.141. The van der Waals surface area contributed by atoms with Gasteiger partial charge in [0.05, 0.1) is 12.1 Å². The summed E-state index contributed by atoms with van der Waals surface area (Å²) in [5.74, 6) is -1.32. The number of nitrogens with zero attached hydrogens (tertiary/aromatic N) is 1. The molecule has 2 N–H and O–H groups in total. The maximum absolute atomic E-state index is 11.0. The number of hydrogen-bond donors (Lipinski definition) is 2. The van der Waals surface area contributed by atoms with Crippen LogP contribution in [0.4, 0.5) is 0 Å². The molecule has 0 saturated heterocycles. The van der Waals surface area contributed by atoms with Crippen LogP contribution in [-0.2, 0) is 4.79 Å². The summed E-state index contributed by atoms with van der Waals surface area (Å²) in [6, 6.07) is 0. The summed E-state index contributed by atoms with van der Waals surface area (Å²) in [5.41, 5.74) is 0.426. The number of carboxylic acids is 1. The van der Waals surface area contributed by atoms with Crippen LogP contribution >= 0.6 is 0 Å². The van der Waals surface area contributed by atoms with Gasteiger partial charge >= 0.3 is 5.97 Å². The van der Waals surface area contributed by atoms with Crippen LogP contribution < -0.4 is 0 Å². The van der Waals surface area contributed by atoms with Gasteiger partial charge in [-0.25, -0.2) is 0 Å². The van der Waals surface area contributed by atoms with Gasteiger partial charge in [-0.1, -0.05) is 20.8 Å². The maximum Gasteiger partial charge on any atom is 0.311 e. The molecule has 0 aliphatic heterocycles. The van der Waals surface area contributed by atoms with E-state index >= 15 is 0 Å². The minimum absolute atomic E-state index is 0.296. The lowest BCUT2D eigenvalue weighted by Gasteiger charge is -2.25. The number of rotatable bonds is 2. The van der Waals surface area contributed by atoms with Gasteiger partial charge < -0.3 is 5.11 Å². The van der Waals surface area contributed by atoms with Crippen LogP contribution in [0.25, 0.3) is 0 Å². The second-order valence-corrected chi connectivity index (χ2v) is 4.17. The largest absolute Gasteiger partial charge is 0.481 e. The Morgan fingerprint density at radius 1 is 1.62 bits per heavy atom. The smallest absolute Gasteiger partial charge is 0.311 e. The second kappa shape index (κ2) is 3.20. The van der Waals surface area contributed by atoms with Crippen LogP contribution in [0.15, 0.2) is 12.4 Å². The molecule has 72 valence electrons. The Balaban J connectivity index is 3.01. The highest BCUT2D eigenvalue weighted by atomic mass is 16.4. The molecule has 1 atom stereocenters. The minimum atomic E-state index is -0.811. The fourth-order valence-electron chi connectivity index (χ4n) is 1.43. The molecule has 1 rings (SSSR count). The van der Waals surface area contributed by atoms with Crippen molar-refractivity contribution in [1.29, 1.82) is 0 Å². The fourth-order valence-corrected chi connectivity index (χ4v) is 1.43. The summed E-state index contributed by atoms with van der Waals surface area (Å²) in [5, 5.41) is 15.4. The van der Waals surface area contributed by atoms with Crippen molar-refractivity contribution >= 4 is 5.97 Å². The van der Waals surface area contributed by atoms with E-state index in [0.29, 0.717) is 0 Å². The van der Waals surface area contributed by atoms with Crippen molar-refractivity contribution in [3.05, 3.63) is 18.0 Å². The average Bonchev–Trinajstić information content (AvgIpc) is 2.34. The van der Waals surface area contributed by atoms with E-state index in [-0.39, 0.29) is 5.41 Å². The third kappa shape index (κ3) is 2.08. The molecule has 13 heavy (non-hydrogen) atoms. The Labute approximate surface area is 77.0 Å². The van der Waals surface area contributed by atoms with Gasteiger partial charge in [0, 0.05) is 11.8 Å². The van der Waals surface area contributed by atoms with E-state index in [1.165, 1.54) is 0 Å². The first kappa shape index (κ1) is 9.77. The highest BCUT2D eigenvalue weighted by molar-refractivity contribution is 5.76. The van der Waals surface area contributed by atoms with Crippen molar-refractivity contribution in [1.82, 2.24) is 10.2 Å². The molecular formula is C9H14N2O2. The highest BCUT2D eigenvalue weighted by Gasteiger charge is 2.33. The second-order valence-electron chi connectivity index (χ2n) is 4.17. The quantitative estimate of drug-likeness (QED) is 0.730. The van der Waals surface area contributed by atoms with E-state index in [1.807, 2.05) is 20.8 Å². The molecule has 0 saturated carbocycles. The summed E-state index contributed by atoms with van der Waals surface area (Å²) < 4.78 is 0. The van der Waals surface area contributed by atoms with Crippen molar-refractivity contribution < 1.29 is 9.90 Å². The van der Waals surface area contributed by atoms with Gasteiger partial charge in [0.2, 0.25) is 0 Å². The standard InChI is InChI=1S/C9H14N2O2/c1-9(2,3)7(8(12)13)6-4-10-11-5-6/h4-5,7H,1-3H3,(H,10,11)(H,12,13). The lowest BCUT2D eigenvalue weighted by atomic mass is 9.77. The summed E-state index contributed by atoms with van der Waals surface area (Å²) in [6.45, 7) is 5.70. The van der Waals surface area contributed by atoms with Gasteiger partial charge in [-0.15, -0.1) is 0 Å². The average molecular weight is 182 g/mol. The van der Waals surface area contributed by atoms with Gasteiger partial charge in [0.15, 0.2) is 0 Å². The van der Waals surface area contributed by atoms with E-state index in [4.69, 9.17) is 5.11 Å². The number of aromatic amines is 1. The molecule has 0 amide bonds. The predicted molar refractivity (Wildman–Crippen MR) is 48.4 cm³/mol. The summed E-state index contributed by atoms with van der Waals surface area (Å²) in [4.78, 5) is 11.0. The van der Waals surface area contributed by atoms with Crippen LogP contribution in [0.3, 0.4) is 0 Å². The first-order chi connectivity index (χ1) is 5.93. The molecule has 0 fully saturated rings. The van der Waals surface area contributed by atoms with Crippen LogP contribution in [-0.4, -0.2) is 21.3 Å². The van der Waals surface area contributed by atoms with E-state index in [0.717, 1.165) is 5.56 Å². The fraction of sp³-hybridized carbons (Fsp3) is 0.556. The maximum atomic E-state index is 11.0. The van der Waals surface area contributed by atoms with Gasteiger partial charge in [-0.2, -0.15) is 5.10 Å². The van der Waals surface area contributed by atoms with E-state index in [2.05, 4.69) is 10.2 Å². The van der Waals surface area contributed by atoms with Crippen LogP contribution in [0.1, 0.15) is 32.3 Å². The Hall–Kier alpha value is -1.32. The Morgan fingerprint density at radius 3 is 2.54 bits per heavy atom. The lowest BCUT2D eigenvalue weighted by Crippen LogP contribution is -2.25. The number of aliphatic carboxylic acids is 1. The van der Waals surface area contributed by atoms with Crippen molar-refractivity contribution in [2.75, 3.05) is 0 Å². The van der Waals surface area contributed by atoms with E-state index in [9.17, 15) is 4.79 Å². The van der Waals surface area contributed by atoms with Crippen molar-refractivity contribution in [3.63, 3.8) is 0 Å². The monoisotopic (exact) mass is 182 g/mol.